The number of hydrogen-bond donors (Lipinski definition) is 0. The van der Waals surface area contributed by atoms with E-state index in [0.29, 0.717) is 0 Å². The van der Waals surface area contributed by atoms with Crippen LogP contribution in [-0.4, -0.2) is 4.57 Å². The minimum absolute atomic E-state index is 1.13. The molecule has 0 aliphatic rings. The van der Waals surface area contributed by atoms with Crippen LogP contribution in [0.2, 0.25) is 0 Å². The van der Waals surface area contributed by atoms with E-state index >= 15 is 0 Å². The van der Waals surface area contributed by atoms with Crippen molar-refractivity contribution in [3.05, 3.63) is 158 Å². The molecule has 0 amide bonds. The molecular weight excluding hydrogens is 460 g/mol. The lowest BCUT2D eigenvalue weighted by molar-refractivity contribution is 1.18. The third-order valence-electron chi connectivity index (χ3n) is 7.19. The van der Waals surface area contributed by atoms with Crippen molar-refractivity contribution in [2.75, 3.05) is 4.90 Å². The molecule has 0 saturated carbocycles. The van der Waals surface area contributed by atoms with Gasteiger partial charge in [0.05, 0.1) is 11.0 Å². The molecule has 0 bridgehead atoms. The maximum atomic E-state index is 2.36. The summed E-state index contributed by atoms with van der Waals surface area (Å²) < 4.78 is 2.36. The number of hydrogen-bond acceptors (Lipinski definition) is 1. The van der Waals surface area contributed by atoms with E-state index in [4.69, 9.17) is 0 Å². The van der Waals surface area contributed by atoms with Gasteiger partial charge in [0.25, 0.3) is 0 Å². The monoisotopic (exact) mass is 486 g/mol. The second kappa shape index (κ2) is 9.42. The van der Waals surface area contributed by atoms with Crippen LogP contribution in [0.25, 0.3) is 38.6 Å². The van der Waals surface area contributed by atoms with E-state index in [2.05, 4.69) is 167 Å². The first kappa shape index (κ1) is 22.1. The third-order valence-corrected chi connectivity index (χ3v) is 7.19. The Balaban J connectivity index is 1.24. The molecule has 0 fully saturated rings. The molecule has 1 aromatic heterocycles. The molecule has 180 valence electrons. The van der Waals surface area contributed by atoms with Gasteiger partial charge in [0.15, 0.2) is 0 Å². The zero-order valence-electron chi connectivity index (χ0n) is 20.9. The molecule has 0 unspecified atom stereocenters. The van der Waals surface area contributed by atoms with Crippen molar-refractivity contribution >= 4 is 38.9 Å². The molecule has 2 nitrogen and oxygen atoms in total. The van der Waals surface area contributed by atoms with Crippen LogP contribution in [-0.2, 0) is 0 Å². The van der Waals surface area contributed by atoms with Gasteiger partial charge in [-0.15, -0.1) is 0 Å². The highest BCUT2D eigenvalue weighted by atomic mass is 15.1. The number of para-hydroxylation sites is 4. The summed E-state index contributed by atoms with van der Waals surface area (Å²) in [5.74, 6) is 0. The van der Waals surface area contributed by atoms with Gasteiger partial charge in [-0.05, 0) is 71.8 Å². The van der Waals surface area contributed by atoms with Crippen LogP contribution in [0.15, 0.2) is 158 Å². The Morgan fingerprint density at radius 1 is 0.342 bits per heavy atom. The van der Waals surface area contributed by atoms with E-state index in [1.165, 1.54) is 38.6 Å². The van der Waals surface area contributed by atoms with Crippen LogP contribution >= 0.6 is 0 Å². The lowest BCUT2D eigenvalue weighted by atomic mass is 10.0. The maximum Gasteiger partial charge on any atom is 0.0541 e. The SMILES string of the molecule is c1ccc(N(c2ccccc2)c2ccc(-c3ccc(-n4c5ccccc5c5ccccc54)cc3)cc2)cc1. The lowest BCUT2D eigenvalue weighted by Crippen LogP contribution is -2.09. The molecule has 0 saturated heterocycles. The Kier molecular flexibility index (Phi) is 5.49. The summed E-state index contributed by atoms with van der Waals surface area (Å²) in [4.78, 5) is 2.29. The highest BCUT2D eigenvalue weighted by Gasteiger charge is 2.13. The number of fused-ring (bicyclic) bond motifs is 3. The van der Waals surface area contributed by atoms with Crippen LogP contribution in [0.5, 0.6) is 0 Å². The van der Waals surface area contributed by atoms with Crippen molar-refractivity contribution in [3.63, 3.8) is 0 Å². The molecule has 0 atom stereocenters. The molecular formula is C36H26N2. The molecule has 6 aromatic carbocycles. The topological polar surface area (TPSA) is 8.17 Å². The van der Waals surface area contributed by atoms with Gasteiger partial charge in [0.1, 0.15) is 0 Å². The standard InChI is InChI=1S/C36H26N2/c1-3-11-29(12-4-1)37(30-13-5-2-6-14-30)31-23-19-27(20-24-31)28-21-25-32(26-22-28)38-35-17-9-7-15-33(35)34-16-8-10-18-36(34)38/h1-26H. The number of rotatable bonds is 5. The van der Waals surface area contributed by atoms with E-state index in [9.17, 15) is 0 Å². The summed E-state index contributed by atoms with van der Waals surface area (Å²) in [6, 6.07) is 56.0. The minimum Gasteiger partial charge on any atom is -0.311 e. The van der Waals surface area contributed by atoms with E-state index in [0.717, 1.165) is 17.1 Å². The van der Waals surface area contributed by atoms with Gasteiger partial charge in [-0.3, -0.25) is 0 Å². The summed E-state index contributed by atoms with van der Waals surface area (Å²) in [5.41, 5.74) is 9.44. The quantitative estimate of drug-likeness (QED) is 0.235. The van der Waals surface area contributed by atoms with Gasteiger partial charge in [-0.2, -0.15) is 0 Å². The highest BCUT2D eigenvalue weighted by molar-refractivity contribution is 6.09. The van der Waals surface area contributed by atoms with Crippen LogP contribution in [0.4, 0.5) is 17.1 Å². The molecule has 0 radical (unpaired) electrons. The zero-order chi connectivity index (χ0) is 25.3. The normalized spacial score (nSPS) is 11.2. The van der Waals surface area contributed by atoms with Gasteiger partial charge in [-0.1, -0.05) is 97.1 Å². The van der Waals surface area contributed by atoms with Gasteiger partial charge in [-0.25, -0.2) is 0 Å². The minimum atomic E-state index is 1.13. The van der Waals surface area contributed by atoms with Crippen LogP contribution in [0.1, 0.15) is 0 Å². The average molecular weight is 487 g/mol. The first-order valence-corrected chi connectivity index (χ1v) is 13.0. The lowest BCUT2D eigenvalue weighted by Gasteiger charge is -2.25. The Labute approximate surface area is 222 Å². The summed E-state index contributed by atoms with van der Waals surface area (Å²) in [7, 11) is 0. The third kappa shape index (κ3) is 3.84. The predicted molar refractivity (Wildman–Crippen MR) is 161 cm³/mol. The van der Waals surface area contributed by atoms with Crippen LogP contribution in [0.3, 0.4) is 0 Å². The second-order valence-electron chi connectivity index (χ2n) is 9.47. The zero-order valence-corrected chi connectivity index (χ0v) is 20.9. The number of benzene rings is 6. The summed E-state index contributed by atoms with van der Waals surface area (Å²) in [6.45, 7) is 0. The summed E-state index contributed by atoms with van der Waals surface area (Å²) in [6.07, 6.45) is 0. The maximum absolute atomic E-state index is 2.36. The largest absolute Gasteiger partial charge is 0.311 e. The molecule has 0 N–H and O–H groups in total. The fourth-order valence-corrected chi connectivity index (χ4v) is 5.41. The van der Waals surface area contributed by atoms with Gasteiger partial charge in [0.2, 0.25) is 0 Å². The van der Waals surface area contributed by atoms with E-state index in [1.807, 2.05) is 0 Å². The summed E-state index contributed by atoms with van der Waals surface area (Å²) >= 11 is 0. The fraction of sp³-hybridized carbons (Fsp3) is 0. The van der Waals surface area contributed by atoms with E-state index < -0.39 is 0 Å². The van der Waals surface area contributed by atoms with Crippen molar-refractivity contribution in [3.8, 4) is 16.8 Å². The van der Waals surface area contributed by atoms with Crippen molar-refractivity contribution in [1.82, 2.24) is 4.57 Å². The van der Waals surface area contributed by atoms with Crippen molar-refractivity contribution in [2.45, 2.75) is 0 Å². The molecule has 1 heterocycles. The second-order valence-corrected chi connectivity index (χ2v) is 9.47. The number of anilines is 3. The van der Waals surface area contributed by atoms with Crippen molar-refractivity contribution in [2.24, 2.45) is 0 Å². The predicted octanol–water partition coefficient (Wildman–Crippen LogP) is 9.92. The fourth-order valence-electron chi connectivity index (χ4n) is 5.41. The van der Waals surface area contributed by atoms with Crippen molar-refractivity contribution < 1.29 is 0 Å². The molecule has 7 rings (SSSR count). The van der Waals surface area contributed by atoms with Gasteiger partial charge < -0.3 is 9.47 Å². The average Bonchev–Trinajstić information content (AvgIpc) is 3.33. The Bertz CT molecular complexity index is 1740. The molecule has 0 aliphatic heterocycles. The first-order valence-electron chi connectivity index (χ1n) is 13.0. The smallest absolute Gasteiger partial charge is 0.0541 e. The molecule has 7 aromatic rings. The Morgan fingerprint density at radius 2 is 0.737 bits per heavy atom. The molecule has 38 heavy (non-hydrogen) atoms. The van der Waals surface area contributed by atoms with Gasteiger partial charge >= 0.3 is 0 Å². The number of aromatic nitrogens is 1. The molecule has 2 heteroatoms. The van der Waals surface area contributed by atoms with Crippen molar-refractivity contribution in [1.29, 1.82) is 0 Å². The Hall–Kier alpha value is -5.08. The van der Waals surface area contributed by atoms with Crippen LogP contribution in [0, 0.1) is 0 Å². The van der Waals surface area contributed by atoms with E-state index in [-0.39, 0.29) is 0 Å². The molecule has 0 spiro atoms. The molecule has 0 aliphatic carbocycles. The highest BCUT2D eigenvalue weighted by Crippen LogP contribution is 2.36. The van der Waals surface area contributed by atoms with Gasteiger partial charge in [0, 0.05) is 33.5 Å². The summed E-state index contributed by atoms with van der Waals surface area (Å²) in [5, 5.41) is 2.56. The first-order chi connectivity index (χ1) is 18.9. The van der Waals surface area contributed by atoms with Crippen LogP contribution < -0.4 is 4.90 Å². The number of nitrogens with zero attached hydrogens (tertiary/aromatic N) is 2. The Morgan fingerprint density at radius 3 is 1.24 bits per heavy atom. The van der Waals surface area contributed by atoms with E-state index in [1.54, 1.807) is 0 Å².